The van der Waals surface area contributed by atoms with Gasteiger partial charge >= 0.3 is 0 Å². The summed E-state index contributed by atoms with van der Waals surface area (Å²) < 4.78 is 10.8. The van der Waals surface area contributed by atoms with Gasteiger partial charge in [0.1, 0.15) is 6.04 Å². The maximum absolute atomic E-state index is 13.0. The molecule has 0 saturated carbocycles. The summed E-state index contributed by atoms with van der Waals surface area (Å²) in [4.78, 5) is 28.5. The van der Waals surface area contributed by atoms with Gasteiger partial charge in [0, 0.05) is 31.3 Å². The van der Waals surface area contributed by atoms with E-state index in [4.69, 9.17) is 9.47 Å². The van der Waals surface area contributed by atoms with Crippen LogP contribution >= 0.6 is 11.8 Å². The lowest BCUT2D eigenvalue weighted by atomic mass is 10.1. The Morgan fingerprint density at radius 2 is 2.16 bits per heavy atom. The first-order valence-electron chi connectivity index (χ1n) is 8.32. The number of carbonyl (C=O) groups excluding carboxylic acids is 2. The van der Waals surface area contributed by atoms with Gasteiger partial charge in [-0.2, -0.15) is 0 Å². The summed E-state index contributed by atoms with van der Waals surface area (Å²) in [6, 6.07) is 5.24. The SMILES string of the molecule is COc1cccc(CN(C)C(=O)[C@H]2CS[C@@]3(C)CCC(=O)N23)c1OC. The largest absolute Gasteiger partial charge is 0.493 e. The average molecular weight is 364 g/mol. The molecule has 2 aliphatic heterocycles. The fraction of sp³-hybridized carbons (Fsp3) is 0.556. The van der Waals surface area contributed by atoms with Gasteiger partial charge in [0.2, 0.25) is 11.8 Å². The Morgan fingerprint density at radius 1 is 1.40 bits per heavy atom. The van der Waals surface area contributed by atoms with Crippen LogP contribution in [0.2, 0.25) is 0 Å². The summed E-state index contributed by atoms with van der Waals surface area (Å²) in [6.45, 7) is 2.46. The topological polar surface area (TPSA) is 59.1 Å². The third kappa shape index (κ3) is 3.05. The van der Waals surface area contributed by atoms with Gasteiger partial charge in [-0.3, -0.25) is 9.59 Å². The second-order valence-corrected chi connectivity index (χ2v) is 8.11. The number of rotatable bonds is 5. The third-order valence-electron chi connectivity index (χ3n) is 5.00. The van der Waals surface area contributed by atoms with Crippen LogP contribution in [0.15, 0.2) is 18.2 Å². The minimum Gasteiger partial charge on any atom is -0.493 e. The molecule has 3 rings (SSSR count). The number of fused-ring (bicyclic) bond motifs is 1. The van der Waals surface area contributed by atoms with Crippen LogP contribution in [-0.4, -0.2) is 59.5 Å². The van der Waals surface area contributed by atoms with Crippen molar-refractivity contribution < 1.29 is 19.1 Å². The van der Waals surface area contributed by atoms with E-state index in [9.17, 15) is 9.59 Å². The monoisotopic (exact) mass is 364 g/mol. The van der Waals surface area contributed by atoms with Crippen molar-refractivity contribution in [2.24, 2.45) is 0 Å². The highest BCUT2D eigenvalue weighted by Gasteiger charge is 2.53. The number of likely N-dealkylation sites (N-methyl/N-ethyl adjacent to an activating group) is 1. The van der Waals surface area contributed by atoms with E-state index in [1.807, 2.05) is 18.2 Å². The molecule has 0 bridgehead atoms. The minimum atomic E-state index is -0.383. The third-order valence-corrected chi connectivity index (χ3v) is 6.50. The lowest BCUT2D eigenvalue weighted by molar-refractivity contribution is -0.143. The van der Waals surface area contributed by atoms with Crippen LogP contribution in [0, 0.1) is 0 Å². The van der Waals surface area contributed by atoms with E-state index < -0.39 is 0 Å². The van der Waals surface area contributed by atoms with E-state index in [0.717, 1.165) is 12.0 Å². The van der Waals surface area contributed by atoms with Gasteiger partial charge in [-0.1, -0.05) is 12.1 Å². The summed E-state index contributed by atoms with van der Waals surface area (Å²) >= 11 is 1.71. The second-order valence-electron chi connectivity index (χ2n) is 6.61. The summed E-state index contributed by atoms with van der Waals surface area (Å²) in [5.41, 5.74) is 0.874. The fourth-order valence-electron chi connectivity index (χ4n) is 3.67. The van der Waals surface area contributed by atoms with Gasteiger partial charge < -0.3 is 19.3 Å². The van der Waals surface area contributed by atoms with Crippen LogP contribution in [0.25, 0.3) is 0 Å². The van der Waals surface area contributed by atoms with Crippen LogP contribution in [0.4, 0.5) is 0 Å². The quantitative estimate of drug-likeness (QED) is 0.801. The van der Waals surface area contributed by atoms with Gasteiger partial charge in [0.25, 0.3) is 0 Å². The zero-order chi connectivity index (χ0) is 18.2. The number of methoxy groups -OCH3 is 2. The maximum atomic E-state index is 13.0. The first kappa shape index (κ1) is 17.9. The molecule has 2 saturated heterocycles. The van der Waals surface area contributed by atoms with Crippen LogP contribution in [0.5, 0.6) is 11.5 Å². The molecule has 2 fully saturated rings. The number of benzene rings is 1. The first-order chi connectivity index (χ1) is 11.9. The molecule has 0 aliphatic carbocycles. The molecular weight excluding hydrogens is 340 g/mol. The van der Waals surface area contributed by atoms with Gasteiger partial charge in [-0.25, -0.2) is 0 Å². The lowest BCUT2D eigenvalue weighted by Crippen LogP contribution is -2.50. The van der Waals surface area contributed by atoms with Crippen molar-refractivity contribution in [3.8, 4) is 11.5 Å². The van der Waals surface area contributed by atoms with Gasteiger partial charge in [0.15, 0.2) is 11.5 Å². The summed E-state index contributed by atoms with van der Waals surface area (Å²) in [5.74, 6) is 1.97. The first-order valence-corrected chi connectivity index (χ1v) is 9.31. The highest BCUT2D eigenvalue weighted by Crippen LogP contribution is 2.47. The molecule has 7 heteroatoms. The summed E-state index contributed by atoms with van der Waals surface area (Å²) in [6.07, 6.45) is 1.34. The van der Waals surface area contributed by atoms with Crippen molar-refractivity contribution in [1.29, 1.82) is 0 Å². The van der Waals surface area contributed by atoms with Crippen molar-refractivity contribution >= 4 is 23.6 Å². The van der Waals surface area contributed by atoms with Crippen LogP contribution in [-0.2, 0) is 16.1 Å². The normalized spacial score (nSPS) is 25.0. The molecule has 2 heterocycles. The Hall–Kier alpha value is -1.89. The van der Waals surface area contributed by atoms with E-state index in [1.165, 1.54) is 0 Å². The van der Waals surface area contributed by atoms with Gasteiger partial charge in [-0.05, 0) is 19.4 Å². The Balaban J connectivity index is 1.77. The van der Waals surface area contributed by atoms with Crippen molar-refractivity contribution in [3.05, 3.63) is 23.8 Å². The van der Waals surface area contributed by atoms with Crippen molar-refractivity contribution in [3.63, 3.8) is 0 Å². The Kier molecular flexibility index (Phi) is 4.86. The van der Waals surface area contributed by atoms with Gasteiger partial charge in [0.05, 0.1) is 19.1 Å². The molecule has 25 heavy (non-hydrogen) atoms. The average Bonchev–Trinajstić information content (AvgIpc) is 3.10. The standard InChI is InChI=1S/C18H24N2O4S/c1-18-9-8-15(21)20(18)13(11-25-18)17(22)19(2)10-12-6-5-7-14(23-3)16(12)24-4/h5-7,13H,8-11H2,1-4H3/t13-,18+/m1/s1. The van der Waals surface area contributed by atoms with Crippen molar-refractivity contribution in [2.45, 2.75) is 37.2 Å². The smallest absolute Gasteiger partial charge is 0.246 e. The molecule has 136 valence electrons. The maximum Gasteiger partial charge on any atom is 0.246 e. The van der Waals surface area contributed by atoms with Crippen LogP contribution < -0.4 is 9.47 Å². The number of ether oxygens (including phenoxy) is 2. The van der Waals surface area contributed by atoms with Crippen molar-refractivity contribution in [1.82, 2.24) is 9.80 Å². The van der Waals surface area contributed by atoms with Gasteiger partial charge in [-0.15, -0.1) is 11.8 Å². The Bertz CT molecular complexity index is 696. The second kappa shape index (κ2) is 6.78. The highest BCUT2D eigenvalue weighted by molar-refractivity contribution is 8.01. The number of amides is 2. The lowest BCUT2D eigenvalue weighted by Gasteiger charge is -2.32. The van der Waals surface area contributed by atoms with Crippen LogP contribution in [0.1, 0.15) is 25.3 Å². The van der Waals surface area contributed by atoms with E-state index in [0.29, 0.717) is 30.2 Å². The number of hydrogen-bond donors (Lipinski definition) is 0. The molecule has 0 unspecified atom stereocenters. The molecule has 1 aromatic rings. The predicted molar refractivity (Wildman–Crippen MR) is 96.8 cm³/mol. The molecule has 2 atom stereocenters. The highest BCUT2D eigenvalue weighted by atomic mass is 32.2. The Morgan fingerprint density at radius 3 is 2.84 bits per heavy atom. The summed E-state index contributed by atoms with van der Waals surface area (Å²) in [7, 11) is 4.94. The number of hydrogen-bond acceptors (Lipinski definition) is 5. The zero-order valence-corrected chi connectivity index (χ0v) is 15.9. The molecule has 0 spiro atoms. The molecule has 0 aromatic heterocycles. The molecule has 6 nitrogen and oxygen atoms in total. The molecule has 1 aromatic carbocycles. The predicted octanol–water partition coefficient (Wildman–Crippen LogP) is 2.12. The number of nitrogens with zero attached hydrogens (tertiary/aromatic N) is 2. The Labute approximate surface area is 152 Å². The molecule has 0 radical (unpaired) electrons. The van der Waals surface area contributed by atoms with E-state index >= 15 is 0 Å². The van der Waals surface area contributed by atoms with E-state index in [2.05, 4.69) is 6.92 Å². The molecule has 2 amide bonds. The minimum absolute atomic E-state index is 0.0312. The summed E-state index contributed by atoms with van der Waals surface area (Å²) in [5, 5.41) is 0. The van der Waals surface area contributed by atoms with Crippen molar-refractivity contribution in [2.75, 3.05) is 27.0 Å². The van der Waals surface area contributed by atoms with E-state index in [-0.39, 0.29) is 22.7 Å². The molecule has 0 N–H and O–H groups in total. The zero-order valence-electron chi connectivity index (χ0n) is 15.1. The molecular formula is C18H24N2O4S. The van der Waals surface area contributed by atoms with Crippen LogP contribution in [0.3, 0.4) is 0 Å². The van der Waals surface area contributed by atoms with E-state index in [1.54, 1.807) is 42.8 Å². The number of carbonyl (C=O) groups is 2. The number of thioether (sulfide) groups is 1. The number of para-hydroxylation sites is 1. The molecule has 2 aliphatic rings. The fourth-order valence-corrected chi connectivity index (χ4v) is 5.09.